The lowest BCUT2D eigenvalue weighted by Crippen LogP contribution is -2.52. The third-order valence-electron chi connectivity index (χ3n) is 4.94. The number of aromatic nitrogens is 3. The minimum atomic E-state index is -2.95. The highest BCUT2D eigenvalue weighted by molar-refractivity contribution is 7.16. The minimum Gasteiger partial charge on any atom is -0.377 e. The van der Waals surface area contributed by atoms with Crippen LogP contribution in [0.2, 0.25) is 4.34 Å². The molecule has 0 aliphatic carbocycles. The van der Waals surface area contributed by atoms with Crippen LogP contribution in [0.1, 0.15) is 35.0 Å². The average molecular weight is 391 g/mol. The first-order valence-electron chi connectivity index (χ1n) is 7.88. The van der Waals surface area contributed by atoms with E-state index in [2.05, 4.69) is 15.6 Å². The van der Waals surface area contributed by atoms with Gasteiger partial charge in [-0.3, -0.25) is 4.68 Å². The van der Waals surface area contributed by atoms with Gasteiger partial charge >= 0.3 is 0 Å². The van der Waals surface area contributed by atoms with E-state index in [1.165, 1.54) is 17.4 Å². The van der Waals surface area contributed by atoms with Crippen LogP contribution in [0, 0.1) is 0 Å². The molecule has 0 saturated carbocycles. The number of ether oxygens (including phenoxy) is 1. The number of nitrogens with one attached hydrogen (secondary N) is 1. The van der Waals surface area contributed by atoms with Crippen LogP contribution in [-0.2, 0) is 23.0 Å². The molecule has 4 rings (SSSR count). The van der Waals surface area contributed by atoms with Crippen LogP contribution < -0.4 is 5.32 Å². The number of halogens is 3. The Kier molecular flexibility index (Phi) is 4.12. The molecule has 3 atom stereocenters. The van der Waals surface area contributed by atoms with Gasteiger partial charge < -0.3 is 15.2 Å². The quantitative estimate of drug-likeness (QED) is 0.823. The van der Waals surface area contributed by atoms with Gasteiger partial charge in [-0.1, -0.05) is 16.8 Å². The van der Waals surface area contributed by atoms with Crippen molar-refractivity contribution in [3.05, 3.63) is 32.7 Å². The van der Waals surface area contributed by atoms with Gasteiger partial charge in [-0.05, 0) is 19.0 Å². The molecule has 1 saturated heterocycles. The zero-order chi connectivity index (χ0) is 17.8. The number of rotatable bonds is 2. The summed E-state index contributed by atoms with van der Waals surface area (Å²) >= 11 is 7.30. The molecule has 4 heterocycles. The molecule has 0 bridgehead atoms. The molecule has 6 nitrogen and oxygen atoms in total. The van der Waals surface area contributed by atoms with E-state index in [1.807, 2.05) is 6.20 Å². The van der Waals surface area contributed by atoms with Crippen LogP contribution in [0.15, 0.2) is 12.3 Å². The van der Waals surface area contributed by atoms with Crippen molar-refractivity contribution in [1.82, 2.24) is 20.3 Å². The highest BCUT2D eigenvalue weighted by Crippen LogP contribution is 2.53. The van der Waals surface area contributed by atoms with E-state index in [4.69, 9.17) is 16.3 Å². The van der Waals surface area contributed by atoms with E-state index in [0.29, 0.717) is 28.6 Å². The standard InChI is InChI=1S/C15H17ClF2N4O2S/c1-22-6-10(20-21-22)9-5-14(2-3-19-9)12-8(4-11(16)25-12)15(23,7-24-14)13(17)18/h4,6,9,13,19,23H,2-3,5,7H2,1H3. The topological polar surface area (TPSA) is 72.2 Å². The Morgan fingerprint density at radius 3 is 3.04 bits per heavy atom. The first-order chi connectivity index (χ1) is 11.8. The maximum Gasteiger partial charge on any atom is 0.273 e. The molecule has 2 aliphatic heterocycles. The third-order valence-corrected chi connectivity index (χ3v) is 6.39. The molecule has 10 heteroatoms. The maximum absolute atomic E-state index is 13.5. The summed E-state index contributed by atoms with van der Waals surface area (Å²) < 4.78 is 34.9. The lowest BCUT2D eigenvalue weighted by Gasteiger charge is -2.47. The summed E-state index contributed by atoms with van der Waals surface area (Å²) in [6, 6.07) is 1.33. The number of alkyl halides is 2. The molecular formula is C15H17ClF2N4O2S. The van der Waals surface area contributed by atoms with Crippen molar-refractivity contribution >= 4 is 22.9 Å². The fourth-order valence-corrected chi connectivity index (χ4v) is 5.10. The second-order valence-electron chi connectivity index (χ2n) is 6.58. The third kappa shape index (κ3) is 2.69. The number of thiophene rings is 1. The Morgan fingerprint density at radius 2 is 2.36 bits per heavy atom. The van der Waals surface area contributed by atoms with Crippen LogP contribution in [0.3, 0.4) is 0 Å². The van der Waals surface area contributed by atoms with E-state index in [9.17, 15) is 13.9 Å². The Balaban J connectivity index is 1.74. The fraction of sp³-hybridized carbons (Fsp3) is 0.600. The van der Waals surface area contributed by atoms with E-state index in [-0.39, 0.29) is 11.6 Å². The molecule has 0 radical (unpaired) electrons. The lowest BCUT2D eigenvalue weighted by molar-refractivity contribution is -0.204. The van der Waals surface area contributed by atoms with Gasteiger partial charge in [-0.2, -0.15) is 0 Å². The number of hydrogen-bond acceptors (Lipinski definition) is 6. The first kappa shape index (κ1) is 17.3. The molecule has 0 aromatic carbocycles. The molecule has 2 N–H and O–H groups in total. The fourth-order valence-electron chi connectivity index (χ4n) is 3.62. The van der Waals surface area contributed by atoms with Gasteiger partial charge in [0, 0.05) is 30.1 Å². The van der Waals surface area contributed by atoms with Gasteiger partial charge in [0.1, 0.15) is 5.60 Å². The van der Waals surface area contributed by atoms with Crippen LogP contribution in [0.5, 0.6) is 0 Å². The predicted octanol–water partition coefficient (Wildman–Crippen LogP) is 2.33. The van der Waals surface area contributed by atoms with Crippen LogP contribution in [0.4, 0.5) is 8.78 Å². The minimum absolute atomic E-state index is 0.117. The van der Waals surface area contributed by atoms with Gasteiger partial charge in [-0.25, -0.2) is 8.78 Å². The molecule has 25 heavy (non-hydrogen) atoms. The number of aryl methyl sites for hydroxylation is 1. The molecule has 3 unspecified atom stereocenters. The van der Waals surface area contributed by atoms with Crippen molar-refractivity contribution in [3.63, 3.8) is 0 Å². The molecule has 0 amide bonds. The van der Waals surface area contributed by atoms with Crippen molar-refractivity contribution in [3.8, 4) is 0 Å². The van der Waals surface area contributed by atoms with Crippen molar-refractivity contribution in [2.24, 2.45) is 7.05 Å². The predicted molar refractivity (Wildman–Crippen MR) is 87.8 cm³/mol. The second kappa shape index (κ2) is 5.95. The maximum atomic E-state index is 13.5. The van der Waals surface area contributed by atoms with Gasteiger partial charge in [0.15, 0.2) is 5.60 Å². The van der Waals surface area contributed by atoms with Gasteiger partial charge in [-0.15, -0.1) is 16.4 Å². The van der Waals surface area contributed by atoms with Crippen LogP contribution in [0.25, 0.3) is 0 Å². The van der Waals surface area contributed by atoms with Crippen molar-refractivity contribution in [2.75, 3.05) is 13.2 Å². The number of nitrogens with zero attached hydrogens (tertiary/aromatic N) is 3. The highest BCUT2D eigenvalue weighted by Gasteiger charge is 2.54. The summed E-state index contributed by atoms with van der Waals surface area (Å²) in [5, 5.41) is 21.9. The largest absolute Gasteiger partial charge is 0.377 e. The van der Waals surface area contributed by atoms with Gasteiger partial charge in [0.05, 0.1) is 22.7 Å². The summed E-state index contributed by atoms with van der Waals surface area (Å²) in [6.07, 6.45) is -0.0224. The van der Waals surface area contributed by atoms with Crippen LogP contribution >= 0.6 is 22.9 Å². The smallest absolute Gasteiger partial charge is 0.273 e. The molecule has 2 aliphatic rings. The SMILES string of the molecule is Cn1cc(C2CC3(CCN2)OCC(O)(C(F)F)c2cc(Cl)sc23)nn1. The number of aliphatic hydroxyl groups is 1. The Hall–Kier alpha value is -1.13. The van der Waals surface area contributed by atoms with Gasteiger partial charge in [0.25, 0.3) is 6.43 Å². The molecule has 136 valence electrons. The number of hydrogen-bond donors (Lipinski definition) is 2. The van der Waals surface area contributed by atoms with E-state index in [1.54, 1.807) is 11.7 Å². The van der Waals surface area contributed by atoms with Crippen molar-refractivity contribution in [1.29, 1.82) is 0 Å². The summed E-state index contributed by atoms with van der Waals surface area (Å²) in [5.74, 6) is 0. The average Bonchev–Trinajstić information content (AvgIpc) is 3.18. The highest BCUT2D eigenvalue weighted by atomic mass is 35.5. The number of fused-ring (bicyclic) bond motifs is 2. The van der Waals surface area contributed by atoms with Crippen molar-refractivity contribution in [2.45, 2.75) is 36.5 Å². The molecule has 2 aromatic heterocycles. The molecular weight excluding hydrogens is 374 g/mol. The molecule has 2 aromatic rings. The van der Waals surface area contributed by atoms with E-state index < -0.39 is 24.2 Å². The summed E-state index contributed by atoms with van der Waals surface area (Å²) in [5.41, 5.74) is -2.13. The second-order valence-corrected chi connectivity index (χ2v) is 8.26. The van der Waals surface area contributed by atoms with Gasteiger partial charge in [0.2, 0.25) is 0 Å². The molecule has 1 fully saturated rings. The van der Waals surface area contributed by atoms with E-state index >= 15 is 0 Å². The summed E-state index contributed by atoms with van der Waals surface area (Å²) in [7, 11) is 1.78. The van der Waals surface area contributed by atoms with E-state index in [0.717, 1.165) is 5.69 Å². The van der Waals surface area contributed by atoms with Crippen LogP contribution in [-0.4, -0.2) is 39.7 Å². The Labute approximate surface area is 151 Å². The monoisotopic (exact) mass is 390 g/mol. The first-order valence-corrected chi connectivity index (χ1v) is 9.08. The Morgan fingerprint density at radius 1 is 1.56 bits per heavy atom. The zero-order valence-electron chi connectivity index (χ0n) is 13.4. The van der Waals surface area contributed by atoms with Crippen molar-refractivity contribution < 1.29 is 18.6 Å². The zero-order valence-corrected chi connectivity index (χ0v) is 14.9. The number of piperidine rings is 1. The lowest BCUT2D eigenvalue weighted by atomic mass is 9.78. The molecule has 1 spiro atoms. The Bertz CT molecular complexity index is 800. The summed E-state index contributed by atoms with van der Waals surface area (Å²) in [4.78, 5) is 0.585. The summed E-state index contributed by atoms with van der Waals surface area (Å²) in [6.45, 7) is 0.168. The normalized spacial score (nSPS) is 32.3.